The lowest BCUT2D eigenvalue weighted by molar-refractivity contribution is -0.325. The number of unbranched alkanes of at least 4 members (excludes halogenated alkanes) is 6. The predicted molar refractivity (Wildman–Crippen MR) is 56.4 cm³/mol. The molecule has 0 aliphatic rings. The van der Waals surface area contributed by atoms with Crippen molar-refractivity contribution in [2.45, 2.75) is 58.3 Å². The van der Waals surface area contributed by atoms with Crippen LogP contribution < -0.4 is 10.8 Å². The summed E-state index contributed by atoms with van der Waals surface area (Å²) in [5, 5.41) is 10.0. The van der Waals surface area contributed by atoms with Crippen molar-refractivity contribution >= 4 is 5.97 Å². The largest absolute Gasteiger partial charge is 0.550 e. The zero-order valence-electron chi connectivity index (χ0n) is 9.68. The highest BCUT2D eigenvalue weighted by molar-refractivity contribution is 5.63. The average Bonchev–Trinajstić information content (AvgIpc) is 2.19. The van der Waals surface area contributed by atoms with Gasteiger partial charge in [-0.15, -0.1) is 0 Å². The van der Waals surface area contributed by atoms with Gasteiger partial charge < -0.3 is 15.6 Å². The van der Waals surface area contributed by atoms with Crippen LogP contribution in [0.4, 0.5) is 0 Å². The molecule has 0 rings (SSSR count). The first-order valence-electron chi connectivity index (χ1n) is 5.68. The molecule has 0 atom stereocenters. The van der Waals surface area contributed by atoms with E-state index in [9.17, 15) is 9.90 Å². The summed E-state index contributed by atoms with van der Waals surface area (Å²) in [7, 11) is 1.75. The lowest BCUT2D eigenvalue weighted by atomic mass is 10.1. The van der Waals surface area contributed by atoms with Crippen molar-refractivity contribution in [1.29, 1.82) is 0 Å². The zero-order chi connectivity index (χ0) is 11.2. The highest BCUT2D eigenvalue weighted by Gasteiger charge is 1.90. The van der Waals surface area contributed by atoms with E-state index >= 15 is 0 Å². The van der Waals surface area contributed by atoms with Gasteiger partial charge in [-0.1, -0.05) is 45.4 Å². The number of quaternary nitrogens is 1. The topological polar surface area (TPSA) is 67.8 Å². The van der Waals surface area contributed by atoms with E-state index in [1.165, 1.54) is 32.1 Å². The van der Waals surface area contributed by atoms with Gasteiger partial charge in [0.1, 0.15) is 0 Å². The van der Waals surface area contributed by atoms with Crippen LogP contribution >= 0.6 is 0 Å². The van der Waals surface area contributed by atoms with Crippen LogP contribution in [0.25, 0.3) is 0 Å². The Hall–Kier alpha value is -0.570. The Morgan fingerprint density at radius 2 is 1.43 bits per heavy atom. The van der Waals surface area contributed by atoms with Crippen molar-refractivity contribution in [3.63, 3.8) is 0 Å². The van der Waals surface area contributed by atoms with Crippen LogP contribution in [0, 0.1) is 0 Å². The molecule has 0 unspecified atom stereocenters. The van der Waals surface area contributed by atoms with Crippen molar-refractivity contribution in [1.82, 2.24) is 0 Å². The van der Waals surface area contributed by atoms with Gasteiger partial charge in [-0.2, -0.15) is 0 Å². The molecule has 86 valence electrons. The molecular formula is C11H25NO2. The maximum Gasteiger partial charge on any atom is 0.0634 e. The monoisotopic (exact) mass is 203 g/mol. The smallest absolute Gasteiger partial charge is 0.0634 e. The molecule has 0 saturated carbocycles. The molecule has 0 spiro atoms. The molecule has 0 aromatic heterocycles. The number of carboxylic acid groups (broad SMARTS) is 1. The van der Waals surface area contributed by atoms with E-state index in [1.54, 1.807) is 7.05 Å². The summed E-state index contributed by atoms with van der Waals surface area (Å²) >= 11 is 0. The fourth-order valence-corrected chi connectivity index (χ4v) is 1.23. The molecular weight excluding hydrogens is 178 g/mol. The SMILES string of the molecule is CCCCCCCCCC(=O)[O-].C[NH3+]. The molecule has 3 nitrogen and oxygen atoms in total. The molecule has 0 saturated heterocycles. The summed E-state index contributed by atoms with van der Waals surface area (Å²) in [5.74, 6) is -0.913. The van der Waals surface area contributed by atoms with Crippen LogP contribution in [0.3, 0.4) is 0 Å². The highest BCUT2D eigenvalue weighted by Crippen LogP contribution is 2.07. The fourth-order valence-electron chi connectivity index (χ4n) is 1.23. The first kappa shape index (κ1) is 15.9. The lowest BCUT2D eigenvalue weighted by Crippen LogP contribution is -2.40. The number of hydrogen-bond acceptors (Lipinski definition) is 2. The van der Waals surface area contributed by atoms with Crippen LogP contribution in [0.2, 0.25) is 0 Å². The van der Waals surface area contributed by atoms with Crippen LogP contribution in [-0.2, 0) is 4.79 Å². The fraction of sp³-hybridized carbons (Fsp3) is 0.909. The number of hydrogen-bond donors (Lipinski definition) is 1. The van der Waals surface area contributed by atoms with E-state index < -0.39 is 5.97 Å². The zero-order valence-corrected chi connectivity index (χ0v) is 9.68. The highest BCUT2D eigenvalue weighted by atomic mass is 16.4. The third kappa shape index (κ3) is 17.5. The quantitative estimate of drug-likeness (QED) is 0.591. The molecule has 0 amide bonds. The lowest BCUT2D eigenvalue weighted by Gasteiger charge is -2.01. The molecule has 0 aliphatic heterocycles. The summed E-state index contributed by atoms with van der Waals surface area (Å²) in [6.07, 6.45) is 8.34. The number of carboxylic acids is 1. The first-order valence-corrected chi connectivity index (χ1v) is 5.68. The number of carbonyl (C=O) groups is 1. The predicted octanol–water partition coefficient (Wildman–Crippen LogP) is 0.735. The van der Waals surface area contributed by atoms with E-state index in [-0.39, 0.29) is 6.42 Å². The van der Waals surface area contributed by atoms with Crippen molar-refractivity contribution in [2.24, 2.45) is 0 Å². The maximum absolute atomic E-state index is 10.0. The van der Waals surface area contributed by atoms with Crippen LogP contribution in [0.5, 0.6) is 0 Å². The number of carbonyl (C=O) groups excluding carboxylic acids is 1. The Balaban J connectivity index is 0. The van der Waals surface area contributed by atoms with Gasteiger partial charge >= 0.3 is 0 Å². The molecule has 0 aliphatic carbocycles. The van der Waals surface area contributed by atoms with Gasteiger partial charge in [0.05, 0.1) is 7.05 Å². The Morgan fingerprint density at radius 1 is 1.00 bits per heavy atom. The Morgan fingerprint density at radius 3 is 1.86 bits per heavy atom. The molecule has 0 aromatic carbocycles. The van der Waals surface area contributed by atoms with Gasteiger partial charge in [0.15, 0.2) is 0 Å². The second kappa shape index (κ2) is 14.9. The van der Waals surface area contributed by atoms with E-state index in [1.807, 2.05) is 0 Å². The van der Waals surface area contributed by atoms with Crippen LogP contribution in [-0.4, -0.2) is 13.0 Å². The number of aliphatic carboxylic acids is 1. The minimum atomic E-state index is -0.913. The van der Waals surface area contributed by atoms with Gasteiger partial charge in [-0.05, 0) is 12.8 Å². The second-order valence-electron chi connectivity index (χ2n) is 3.24. The standard InChI is InChI=1S/C10H20O2.CH5N/c1-2-3-4-5-6-7-8-9-10(11)12;1-2/h2-9H2,1H3,(H,11,12);2H2,1H3. The first-order chi connectivity index (χ1) is 6.77. The Bertz CT molecular complexity index is 116. The normalized spacial score (nSPS) is 9.07. The molecule has 3 heteroatoms. The van der Waals surface area contributed by atoms with E-state index in [0.29, 0.717) is 0 Å². The third-order valence-electron chi connectivity index (χ3n) is 1.98. The van der Waals surface area contributed by atoms with Crippen molar-refractivity contribution in [3.05, 3.63) is 0 Å². The average molecular weight is 203 g/mol. The molecule has 0 heterocycles. The van der Waals surface area contributed by atoms with E-state index in [4.69, 9.17) is 0 Å². The van der Waals surface area contributed by atoms with Gasteiger partial charge in [0, 0.05) is 5.97 Å². The Kier molecular flexibility index (Phi) is 16.9. The summed E-state index contributed by atoms with van der Waals surface area (Å²) in [6.45, 7) is 2.19. The van der Waals surface area contributed by atoms with Crippen molar-refractivity contribution in [3.8, 4) is 0 Å². The van der Waals surface area contributed by atoms with Gasteiger partial charge in [0.2, 0.25) is 0 Å². The molecule has 0 bridgehead atoms. The van der Waals surface area contributed by atoms with Crippen LogP contribution in [0.15, 0.2) is 0 Å². The maximum atomic E-state index is 10.0. The van der Waals surface area contributed by atoms with Crippen molar-refractivity contribution < 1.29 is 15.6 Å². The van der Waals surface area contributed by atoms with Gasteiger partial charge in [-0.3, -0.25) is 0 Å². The van der Waals surface area contributed by atoms with Gasteiger partial charge in [0.25, 0.3) is 0 Å². The van der Waals surface area contributed by atoms with E-state index in [2.05, 4.69) is 12.7 Å². The minimum Gasteiger partial charge on any atom is -0.550 e. The summed E-state index contributed by atoms with van der Waals surface area (Å²) in [4.78, 5) is 10.0. The summed E-state index contributed by atoms with van der Waals surface area (Å²) in [6, 6.07) is 0. The van der Waals surface area contributed by atoms with E-state index in [0.717, 1.165) is 12.8 Å². The third-order valence-corrected chi connectivity index (χ3v) is 1.98. The molecule has 0 radical (unpaired) electrons. The molecule has 0 aromatic rings. The summed E-state index contributed by atoms with van der Waals surface area (Å²) in [5.41, 5.74) is 3.25. The Labute approximate surface area is 87.7 Å². The van der Waals surface area contributed by atoms with Crippen LogP contribution in [0.1, 0.15) is 58.3 Å². The van der Waals surface area contributed by atoms with Gasteiger partial charge in [-0.25, -0.2) is 0 Å². The molecule has 14 heavy (non-hydrogen) atoms. The van der Waals surface area contributed by atoms with Crippen molar-refractivity contribution in [2.75, 3.05) is 7.05 Å². The minimum absolute atomic E-state index is 0.230. The molecule has 0 fully saturated rings. The molecule has 3 N–H and O–H groups in total. The summed E-state index contributed by atoms with van der Waals surface area (Å²) < 4.78 is 0. The number of rotatable bonds is 8. The second-order valence-corrected chi connectivity index (χ2v) is 3.24.